The highest BCUT2D eigenvalue weighted by Gasteiger charge is 2.36. The molecular formula is C24H23Cl2FN2. The maximum absolute atomic E-state index is 14.3. The standard InChI is InChI=1S/C24H23Cl2FN2/c1-17-7-2-3-8-18(17)15-28-13-14-29(16-19-9-4-5-12-22(19)27)24(28)23-20(25)10-6-11-21(23)26/h2-12,24H,13-16H2,1H3/t24-/m0/s1. The summed E-state index contributed by atoms with van der Waals surface area (Å²) in [5, 5.41) is 1.27. The van der Waals surface area contributed by atoms with Crippen LogP contribution in [0.5, 0.6) is 0 Å². The van der Waals surface area contributed by atoms with Gasteiger partial charge in [0.05, 0.1) is 6.17 Å². The fourth-order valence-electron chi connectivity index (χ4n) is 4.04. The third-order valence-corrected chi connectivity index (χ3v) is 6.25. The maximum atomic E-state index is 14.3. The summed E-state index contributed by atoms with van der Waals surface area (Å²) in [5.74, 6) is -0.186. The van der Waals surface area contributed by atoms with Crippen molar-refractivity contribution in [2.45, 2.75) is 26.2 Å². The molecule has 1 aliphatic rings. The molecule has 1 heterocycles. The molecule has 3 aromatic rings. The molecule has 0 saturated carbocycles. The van der Waals surface area contributed by atoms with E-state index in [0.29, 0.717) is 22.2 Å². The second kappa shape index (κ2) is 8.85. The molecule has 3 aromatic carbocycles. The van der Waals surface area contributed by atoms with Crippen LogP contribution in [0, 0.1) is 12.7 Å². The van der Waals surface area contributed by atoms with Crippen molar-refractivity contribution in [2.24, 2.45) is 0 Å². The van der Waals surface area contributed by atoms with Crippen LogP contribution in [-0.4, -0.2) is 22.9 Å². The summed E-state index contributed by atoms with van der Waals surface area (Å²) >= 11 is 13.2. The van der Waals surface area contributed by atoms with Crippen LogP contribution in [-0.2, 0) is 13.1 Å². The molecule has 0 amide bonds. The van der Waals surface area contributed by atoms with Gasteiger partial charge in [-0.15, -0.1) is 0 Å². The van der Waals surface area contributed by atoms with E-state index < -0.39 is 0 Å². The molecule has 2 nitrogen and oxygen atoms in total. The summed E-state index contributed by atoms with van der Waals surface area (Å²) in [6, 6.07) is 20.9. The minimum atomic E-state index is -0.186. The zero-order valence-corrected chi connectivity index (χ0v) is 17.8. The van der Waals surface area contributed by atoms with Crippen LogP contribution in [0.3, 0.4) is 0 Å². The van der Waals surface area contributed by atoms with Gasteiger partial charge in [-0.05, 0) is 36.2 Å². The molecule has 150 valence electrons. The highest BCUT2D eigenvalue weighted by molar-refractivity contribution is 6.36. The Morgan fingerprint density at radius 1 is 0.793 bits per heavy atom. The number of rotatable bonds is 5. The molecule has 0 bridgehead atoms. The smallest absolute Gasteiger partial charge is 0.127 e. The largest absolute Gasteiger partial charge is 0.278 e. The first-order chi connectivity index (χ1) is 14.0. The molecule has 1 saturated heterocycles. The zero-order valence-electron chi connectivity index (χ0n) is 16.3. The Morgan fingerprint density at radius 2 is 1.34 bits per heavy atom. The van der Waals surface area contributed by atoms with E-state index in [2.05, 4.69) is 41.0 Å². The topological polar surface area (TPSA) is 6.48 Å². The van der Waals surface area contributed by atoms with E-state index in [-0.39, 0.29) is 12.0 Å². The normalized spacial score (nSPS) is 17.7. The van der Waals surface area contributed by atoms with Crippen LogP contribution < -0.4 is 0 Å². The monoisotopic (exact) mass is 428 g/mol. The number of aryl methyl sites for hydroxylation is 1. The van der Waals surface area contributed by atoms with Gasteiger partial charge in [0, 0.05) is 47.4 Å². The van der Waals surface area contributed by atoms with E-state index in [1.807, 2.05) is 30.3 Å². The summed E-state index contributed by atoms with van der Waals surface area (Å²) in [6.45, 7) is 5.08. The molecule has 1 aliphatic heterocycles. The average Bonchev–Trinajstić information content (AvgIpc) is 3.07. The van der Waals surface area contributed by atoms with Crippen molar-refractivity contribution < 1.29 is 4.39 Å². The molecule has 1 atom stereocenters. The van der Waals surface area contributed by atoms with E-state index in [0.717, 1.165) is 25.2 Å². The number of benzene rings is 3. The molecule has 4 rings (SSSR count). The Bertz CT molecular complexity index is 932. The summed E-state index contributed by atoms with van der Waals surface area (Å²) in [7, 11) is 0. The number of hydrogen-bond donors (Lipinski definition) is 0. The van der Waals surface area contributed by atoms with Crippen LogP contribution in [0.15, 0.2) is 66.7 Å². The van der Waals surface area contributed by atoms with Gasteiger partial charge < -0.3 is 0 Å². The fourth-order valence-corrected chi connectivity index (χ4v) is 4.63. The Labute approximate surface area is 181 Å². The van der Waals surface area contributed by atoms with Crippen molar-refractivity contribution in [3.63, 3.8) is 0 Å². The average molecular weight is 429 g/mol. The van der Waals surface area contributed by atoms with Crippen LogP contribution in [0.4, 0.5) is 4.39 Å². The predicted molar refractivity (Wildman–Crippen MR) is 118 cm³/mol. The van der Waals surface area contributed by atoms with Crippen LogP contribution in [0.25, 0.3) is 0 Å². The van der Waals surface area contributed by atoms with E-state index in [1.54, 1.807) is 6.07 Å². The first-order valence-electron chi connectivity index (χ1n) is 9.74. The third kappa shape index (κ3) is 4.34. The molecule has 29 heavy (non-hydrogen) atoms. The Balaban J connectivity index is 1.70. The second-order valence-corrected chi connectivity index (χ2v) is 8.28. The fraction of sp³-hybridized carbons (Fsp3) is 0.250. The molecule has 5 heteroatoms. The van der Waals surface area contributed by atoms with E-state index in [1.165, 1.54) is 17.2 Å². The van der Waals surface area contributed by atoms with Gasteiger partial charge in [0.1, 0.15) is 5.82 Å². The lowest BCUT2D eigenvalue weighted by atomic mass is 10.1. The van der Waals surface area contributed by atoms with Crippen molar-refractivity contribution in [3.05, 3.63) is 105 Å². The minimum Gasteiger partial charge on any atom is -0.278 e. The Morgan fingerprint density at radius 3 is 1.97 bits per heavy atom. The molecule has 1 fully saturated rings. The first kappa shape index (κ1) is 20.4. The lowest BCUT2D eigenvalue weighted by Crippen LogP contribution is -2.31. The van der Waals surface area contributed by atoms with Gasteiger partial charge in [0.25, 0.3) is 0 Å². The van der Waals surface area contributed by atoms with Gasteiger partial charge in [-0.2, -0.15) is 0 Å². The van der Waals surface area contributed by atoms with Gasteiger partial charge in [-0.3, -0.25) is 9.80 Å². The zero-order chi connectivity index (χ0) is 20.4. The number of hydrogen-bond acceptors (Lipinski definition) is 2. The molecule has 0 radical (unpaired) electrons. The quantitative estimate of drug-likeness (QED) is 0.460. The molecule has 0 aliphatic carbocycles. The molecule has 0 unspecified atom stereocenters. The van der Waals surface area contributed by atoms with Gasteiger partial charge >= 0.3 is 0 Å². The first-order valence-corrected chi connectivity index (χ1v) is 10.5. The molecule has 0 aromatic heterocycles. The van der Waals surface area contributed by atoms with Gasteiger partial charge in [-0.1, -0.05) is 71.7 Å². The summed E-state index contributed by atoms with van der Waals surface area (Å²) in [6.07, 6.45) is -0.115. The third-order valence-electron chi connectivity index (χ3n) is 5.59. The van der Waals surface area contributed by atoms with Crippen molar-refractivity contribution in [1.29, 1.82) is 0 Å². The summed E-state index contributed by atoms with van der Waals surface area (Å²) in [4.78, 5) is 4.63. The maximum Gasteiger partial charge on any atom is 0.127 e. The molecular weight excluding hydrogens is 406 g/mol. The van der Waals surface area contributed by atoms with Crippen LogP contribution in [0.1, 0.15) is 28.4 Å². The highest BCUT2D eigenvalue weighted by Crippen LogP contribution is 2.40. The second-order valence-electron chi connectivity index (χ2n) is 7.47. The van der Waals surface area contributed by atoms with Gasteiger partial charge in [-0.25, -0.2) is 4.39 Å². The lowest BCUT2D eigenvalue weighted by Gasteiger charge is -2.32. The Hall–Kier alpha value is -1.91. The van der Waals surface area contributed by atoms with Crippen molar-refractivity contribution >= 4 is 23.2 Å². The lowest BCUT2D eigenvalue weighted by molar-refractivity contribution is 0.125. The molecule has 0 N–H and O–H groups in total. The van der Waals surface area contributed by atoms with Crippen LogP contribution >= 0.6 is 23.2 Å². The minimum absolute atomic E-state index is 0.115. The van der Waals surface area contributed by atoms with E-state index in [4.69, 9.17) is 23.2 Å². The van der Waals surface area contributed by atoms with E-state index >= 15 is 0 Å². The van der Waals surface area contributed by atoms with Crippen molar-refractivity contribution in [1.82, 2.24) is 9.80 Å². The van der Waals surface area contributed by atoms with Gasteiger partial charge in [0.2, 0.25) is 0 Å². The van der Waals surface area contributed by atoms with Gasteiger partial charge in [0.15, 0.2) is 0 Å². The highest BCUT2D eigenvalue weighted by atomic mass is 35.5. The van der Waals surface area contributed by atoms with E-state index in [9.17, 15) is 4.39 Å². The van der Waals surface area contributed by atoms with Crippen molar-refractivity contribution in [2.75, 3.05) is 13.1 Å². The molecule has 0 spiro atoms. The SMILES string of the molecule is Cc1ccccc1CN1CCN(Cc2ccccc2F)[C@H]1c1c(Cl)cccc1Cl. The summed E-state index contributed by atoms with van der Waals surface area (Å²) in [5.41, 5.74) is 4.09. The number of nitrogens with zero attached hydrogens (tertiary/aromatic N) is 2. The predicted octanol–water partition coefficient (Wildman–Crippen LogP) is 6.46. The summed E-state index contributed by atoms with van der Waals surface area (Å²) < 4.78 is 14.3. The Kier molecular flexibility index (Phi) is 6.21. The van der Waals surface area contributed by atoms with Crippen LogP contribution in [0.2, 0.25) is 10.0 Å². The van der Waals surface area contributed by atoms with Crippen molar-refractivity contribution in [3.8, 4) is 0 Å². The number of halogens is 3.